The van der Waals surface area contributed by atoms with Crippen LogP contribution in [0.4, 0.5) is 0 Å². The zero-order valence-corrected chi connectivity index (χ0v) is 30.1. The largest absolute Gasteiger partial charge is 2.00 e. The third kappa shape index (κ3) is 5.22. The van der Waals surface area contributed by atoms with Crippen molar-refractivity contribution in [3.63, 3.8) is 0 Å². The summed E-state index contributed by atoms with van der Waals surface area (Å²) < 4.78 is 4.38. The van der Waals surface area contributed by atoms with Crippen LogP contribution in [0.1, 0.15) is 52.7 Å². The molecule has 0 aliphatic heterocycles. The Balaban J connectivity index is 0.00000351. The summed E-state index contributed by atoms with van der Waals surface area (Å²) in [4.78, 5) is 15.5. The van der Waals surface area contributed by atoms with Crippen LogP contribution in [-0.2, 0) is 38.9 Å². The molecule has 4 heterocycles. The topological polar surface area (TPSA) is 49.7 Å². The van der Waals surface area contributed by atoms with Crippen LogP contribution in [0.5, 0.6) is 0 Å². The molecule has 0 radical (unpaired) electrons. The molecule has 6 heteroatoms. The van der Waals surface area contributed by atoms with E-state index in [-0.39, 0.29) is 31.9 Å². The molecule has 0 fully saturated rings. The first-order valence-electron chi connectivity index (χ1n) is 15.9. The van der Waals surface area contributed by atoms with Gasteiger partial charge in [-0.25, -0.2) is 0 Å². The van der Waals surface area contributed by atoms with Crippen LogP contribution in [-0.4, -0.2) is 19.1 Å². The standard InChI is InChI=1S/C41H37N5.Pt/c1-40(2,3)28-16-19-35-31(24-28)30-17-18-33(43-39(30)46(35)37-23-25-12-8-9-13-32(25)42-37)26-20-27(22-29(21-26)41(4,5)6)38-44-34-14-10-11-15-36(34)45(38)7;/h8-19,21-24H,1-7H3;/q-2;+2. The van der Waals surface area contributed by atoms with Crippen molar-refractivity contribution in [1.29, 1.82) is 0 Å². The number of hydrogen-bond acceptors (Lipinski definition) is 2. The fourth-order valence-electron chi connectivity index (χ4n) is 6.51. The fourth-order valence-corrected chi connectivity index (χ4v) is 6.51. The van der Waals surface area contributed by atoms with E-state index in [0.29, 0.717) is 0 Å². The van der Waals surface area contributed by atoms with E-state index in [1.807, 2.05) is 12.1 Å². The molecule has 0 spiro atoms. The Morgan fingerprint density at radius 1 is 0.660 bits per heavy atom. The van der Waals surface area contributed by atoms with Gasteiger partial charge in [0.15, 0.2) is 0 Å². The second-order valence-electron chi connectivity index (χ2n) is 14.5. The van der Waals surface area contributed by atoms with Crippen molar-refractivity contribution in [3.05, 3.63) is 114 Å². The first kappa shape index (κ1) is 31.1. The van der Waals surface area contributed by atoms with E-state index in [1.54, 1.807) is 0 Å². The van der Waals surface area contributed by atoms with Gasteiger partial charge in [-0.15, -0.1) is 23.8 Å². The smallest absolute Gasteiger partial charge is 0.435 e. The van der Waals surface area contributed by atoms with Gasteiger partial charge in [-0.05, 0) is 50.3 Å². The molecule has 0 saturated carbocycles. The third-order valence-electron chi connectivity index (χ3n) is 9.21. The van der Waals surface area contributed by atoms with E-state index in [1.165, 1.54) is 16.5 Å². The van der Waals surface area contributed by atoms with Crippen molar-refractivity contribution in [3.8, 4) is 28.5 Å². The predicted molar refractivity (Wildman–Crippen MR) is 191 cm³/mol. The molecule has 0 aliphatic carbocycles. The quantitative estimate of drug-likeness (QED) is 0.168. The molecule has 0 aliphatic rings. The monoisotopic (exact) mass is 794 g/mol. The van der Waals surface area contributed by atoms with Crippen LogP contribution >= 0.6 is 0 Å². The second-order valence-corrected chi connectivity index (χ2v) is 14.5. The Morgan fingerprint density at radius 2 is 1.38 bits per heavy atom. The van der Waals surface area contributed by atoms with Crippen molar-refractivity contribution in [2.24, 2.45) is 7.05 Å². The molecule has 8 aromatic rings. The van der Waals surface area contributed by atoms with E-state index in [2.05, 4.69) is 149 Å². The minimum atomic E-state index is -0.0785. The molecule has 47 heavy (non-hydrogen) atoms. The summed E-state index contributed by atoms with van der Waals surface area (Å²) in [6.45, 7) is 13.5. The van der Waals surface area contributed by atoms with Gasteiger partial charge < -0.3 is 14.1 Å². The first-order valence-corrected chi connectivity index (χ1v) is 15.9. The molecule has 0 bridgehead atoms. The maximum Gasteiger partial charge on any atom is 2.00 e. The fraction of sp³-hybridized carbons (Fsp3) is 0.220. The molecule has 0 atom stereocenters. The number of para-hydroxylation sites is 3. The van der Waals surface area contributed by atoms with Gasteiger partial charge in [-0.3, -0.25) is 9.97 Å². The number of nitrogens with zero attached hydrogens (tertiary/aromatic N) is 5. The summed E-state index contributed by atoms with van der Waals surface area (Å²) in [6, 6.07) is 38.1. The molecule has 0 unspecified atom stereocenters. The molecule has 0 amide bonds. The Morgan fingerprint density at radius 3 is 2.13 bits per heavy atom. The normalized spacial score (nSPS) is 12.4. The van der Waals surface area contributed by atoms with Gasteiger partial charge in [0.2, 0.25) is 0 Å². The zero-order valence-electron chi connectivity index (χ0n) is 27.8. The van der Waals surface area contributed by atoms with Crippen LogP contribution < -0.4 is 4.98 Å². The van der Waals surface area contributed by atoms with Crippen molar-refractivity contribution in [2.45, 2.75) is 52.4 Å². The van der Waals surface area contributed by atoms with E-state index < -0.39 is 0 Å². The van der Waals surface area contributed by atoms with Gasteiger partial charge in [-0.1, -0.05) is 131 Å². The Bertz CT molecular complexity index is 2430. The molecule has 4 aromatic heterocycles. The maximum absolute atomic E-state index is 5.41. The molecule has 8 rings (SSSR count). The van der Waals surface area contributed by atoms with E-state index in [0.717, 1.165) is 66.9 Å². The summed E-state index contributed by atoms with van der Waals surface area (Å²) in [5, 5.41) is 3.41. The Hall–Kier alpha value is -4.47. The summed E-state index contributed by atoms with van der Waals surface area (Å²) in [5.41, 5.74) is 10.3. The number of imidazole rings is 1. The van der Waals surface area contributed by atoms with Gasteiger partial charge in [-0.2, -0.15) is 0 Å². The average Bonchev–Trinajstić information content (AvgIpc) is 3.70. The van der Waals surface area contributed by atoms with Crippen LogP contribution in [0.2, 0.25) is 0 Å². The summed E-state index contributed by atoms with van der Waals surface area (Å²) in [6.07, 6.45) is 0. The summed E-state index contributed by atoms with van der Waals surface area (Å²) in [7, 11) is 2.08. The average molecular weight is 795 g/mol. The molecule has 0 saturated heterocycles. The van der Waals surface area contributed by atoms with E-state index >= 15 is 0 Å². The number of rotatable bonds is 3. The van der Waals surface area contributed by atoms with Crippen molar-refractivity contribution in [2.75, 3.05) is 0 Å². The number of benzene rings is 4. The number of pyridine rings is 1. The van der Waals surface area contributed by atoms with E-state index in [9.17, 15) is 0 Å². The van der Waals surface area contributed by atoms with Crippen LogP contribution in [0.15, 0.2) is 97.1 Å². The van der Waals surface area contributed by atoms with Crippen molar-refractivity contribution in [1.82, 2.24) is 24.1 Å². The Kier molecular flexibility index (Phi) is 7.33. The molecular formula is C41H37N5Pt. The summed E-state index contributed by atoms with van der Waals surface area (Å²) in [5.74, 6) is 1.77. The minimum absolute atomic E-state index is 0. The van der Waals surface area contributed by atoms with Gasteiger partial charge in [0.25, 0.3) is 0 Å². The number of hydrogen-bond donors (Lipinski definition) is 0. The van der Waals surface area contributed by atoms with Gasteiger partial charge >= 0.3 is 21.1 Å². The molecule has 4 aromatic carbocycles. The predicted octanol–water partition coefficient (Wildman–Crippen LogP) is 9.90. The minimum Gasteiger partial charge on any atom is -0.435 e. The van der Waals surface area contributed by atoms with Gasteiger partial charge in [0.05, 0.1) is 22.5 Å². The van der Waals surface area contributed by atoms with Gasteiger partial charge in [0.1, 0.15) is 0 Å². The van der Waals surface area contributed by atoms with Gasteiger partial charge in [0, 0.05) is 18.1 Å². The first-order chi connectivity index (χ1) is 22.0. The molecule has 5 nitrogen and oxygen atoms in total. The number of aryl methyl sites for hydroxylation is 1. The molecule has 0 N–H and O–H groups in total. The summed E-state index contributed by atoms with van der Waals surface area (Å²) >= 11 is 0. The van der Waals surface area contributed by atoms with Crippen LogP contribution in [0, 0.1) is 6.07 Å². The van der Waals surface area contributed by atoms with E-state index in [4.69, 9.17) is 15.0 Å². The molecular weight excluding hydrogens is 758 g/mol. The zero-order chi connectivity index (χ0) is 32.0. The Labute approximate surface area is 289 Å². The van der Waals surface area contributed by atoms with Crippen molar-refractivity contribution >= 4 is 43.9 Å². The van der Waals surface area contributed by atoms with Crippen LogP contribution in [0.25, 0.3) is 72.3 Å². The maximum atomic E-state index is 5.41. The third-order valence-corrected chi connectivity index (χ3v) is 9.21. The molecule has 236 valence electrons. The second kappa shape index (κ2) is 11.1. The number of aromatic nitrogens is 5. The SMILES string of the molecule is Cn1c(-c2[c-]c(-c3ccc4c5cc(C(C)(C)C)ccc5n(-c5cc6ccccc6[n-]5)c4n3)cc(C(C)(C)C)c2)nc2ccccc21.[Pt+2]. The van der Waals surface area contributed by atoms with Crippen LogP contribution in [0.3, 0.4) is 0 Å². The van der Waals surface area contributed by atoms with Crippen molar-refractivity contribution < 1.29 is 21.1 Å². The number of fused-ring (bicyclic) bond motifs is 5.